The molecule has 0 bridgehead atoms. The maximum atomic E-state index is 12.7. The maximum absolute atomic E-state index is 12.7. The smallest absolute Gasteiger partial charge is 0.272 e. The van der Waals surface area contributed by atoms with E-state index in [9.17, 15) is 9.59 Å². The fraction of sp³-hybridized carbons (Fsp3) is 0.474. The number of carbonyl (C=O) groups is 1. The summed E-state index contributed by atoms with van der Waals surface area (Å²) in [6.45, 7) is 7.47. The van der Waals surface area contributed by atoms with Crippen LogP contribution in [0.1, 0.15) is 55.0 Å². The second kappa shape index (κ2) is 6.07. The predicted octanol–water partition coefficient (Wildman–Crippen LogP) is 1.68. The molecule has 1 atom stereocenters. The molecule has 0 saturated carbocycles. The molecule has 1 saturated heterocycles. The highest BCUT2D eigenvalue weighted by molar-refractivity contribution is 5.92. The van der Waals surface area contributed by atoms with Crippen LogP contribution >= 0.6 is 0 Å². The fourth-order valence-electron chi connectivity index (χ4n) is 3.53. The molecule has 1 unspecified atom stereocenters. The van der Waals surface area contributed by atoms with Gasteiger partial charge in [0.1, 0.15) is 5.69 Å². The monoisotopic (exact) mass is 368 g/mol. The number of likely N-dealkylation sites (tertiary alicyclic amines) is 1. The lowest BCUT2D eigenvalue weighted by atomic mass is 9.93. The Hall–Kier alpha value is -2.90. The third-order valence-corrected chi connectivity index (χ3v) is 5.21. The van der Waals surface area contributed by atoms with Crippen LogP contribution < -0.4 is 5.56 Å². The van der Waals surface area contributed by atoms with E-state index in [2.05, 4.69) is 31.0 Å². The number of nitrogens with one attached hydrogen (secondary N) is 1. The number of hydrogen-bond acceptors (Lipinski definition) is 4. The number of H-pyrrole nitrogens is 1. The molecule has 8 nitrogen and oxygen atoms in total. The van der Waals surface area contributed by atoms with E-state index in [0.29, 0.717) is 24.4 Å². The number of carbonyl (C=O) groups excluding carboxylic acids is 1. The highest BCUT2D eigenvalue weighted by Gasteiger charge is 2.30. The molecule has 142 valence electrons. The molecule has 0 spiro atoms. The Labute approximate surface area is 156 Å². The fourth-order valence-corrected chi connectivity index (χ4v) is 3.53. The molecule has 3 aromatic rings. The van der Waals surface area contributed by atoms with E-state index in [1.54, 1.807) is 30.1 Å². The molecule has 0 radical (unpaired) electrons. The minimum atomic E-state index is -0.123. The van der Waals surface area contributed by atoms with Crippen molar-refractivity contribution in [3.63, 3.8) is 0 Å². The number of nitrogens with zero attached hydrogens (tertiary/aromatic N) is 5. The summed E-state index contributed by atoms with van der Waals surface area (Å²) in [5, 5.41) is 7.20. The molecule has 4 heterocycles. The average Bonchev–Trinajstić information content (AvgIpc) is 3.32. The van der Waals surface area contributed by atoms with E-state index >= 15 is 0 Å². The zero-order chi connectivity index (χ0) is 19.3. The Morgan fingerprint density at radius 3 is 2.74 bits per heavy atom. The van der Waals surface area contributed by atoms with Crippen molar-refractivity contribution in [1.29, 1.82) is 0 Å². The lowest BCUT2D eigenvalue weighted by Gasteiger charge is -2.16. The summed E-state index contributed by atoms with van der Waals surface area (Å²) >= 11 is 0. The Morgan fingerprint density at radius 1 is 1.30 bits per heavy atom. The zero-order valence-corrected chi connectivity index (χ0v) is 16.1. The molecule has 27 heavy (non-hydrogen) atoms. The number of amides is 1. The molecular weight excluding hydrogens is 344 g/mol. The van der Waals surface area contributed by atoms with Gasteiger partial charge in [0, 0.05) is 55.5 Å². The topological polar surface area (TPSA) is 88.3 Å². The predicted molar refractivity (Wildman–Crippen MR) is 101 cm³/mol. The molecule has 1 aliphatic rings. The van der Waals surface area contributed by atoms with Crippen molar-refractivity contribution in [2.45, 2.75) is 38.5 Å². The van der Waals surface area contributed by atoms with Gasteiger partial charge >= 0.3 is 0 Å². The molecule has 0 aromatic carbocycles. The highest BCUT2D eigenvalue weighted by atomic mass is 16.2. The van der Waals surface area contributed by atoms with Gasteiger partial charge in [0.05, 0.1) is 5.69 Å². The van der Waals surface area contributed by atoms with Gasteiger partial charge < -0.3 is 4.90 Å². The summed E-state index contributed by atoms with van der Waals surface area (Å²) in [5.74, 6) is 0.0276. The normalized spacial score (nSPS) is 17.8. The standard InChI is InChI=1S/C19H24N6O2/c1-19(2,3)15-10-16-21-13(9-17(26)25(16)22-15)12-6-8-24(11-12)18(27)14-5-7-20-23(14)4/h5,7,9-10,12,22H,6,8,11H2,1-4H3. The molecular formula is C19H24N6O2. The Kier molecular flexibility index (Phi) is 3.94. The Balaban J connectivity index is 1.61. The average molecular weight is 368 g/mol. The SMILES string of the molecule is Cn1nccc1C(=O)N1CCC(c2cc(=O)n3[nH]c(C(C)(C)C)cc3n2)C1. The summed E-state index contributed by atoms with van der Waals surface area (Å²) < 4.78 is 3.07. The molecule has 1 amide bonds. The van der Waals surface area contributed by atoms with Gasteiger partial charge in [-0.2, -0.15) is 5.10 Å². The van der Waals surface area contributed by atoms with Crippen molar-refractivity contribution in [3.05, 3.63) is 51.8 Å². The minimum absolute atomic E-state index is 0.0352. The van der Waals surface area contributed by atoms with E-state index in [-0.39, 0.29) is 22.8 Å². The van der Waals surface area contributed by atoms with Crippen LogP contribution in [0.4, 0.5) is 0 Å². The molecule has 8 heteroatoms. The maximum Gasteiger partial charge on any atom is 0.272 e. The van der Waals surface area contributed by atoms with Gasteiger partial charge in [-0.05, 0) is 12.5 Å². The number of rotatable bonds is 2. The van der Waals surface area contributed by atoms with E-state index in [4.69, 9.17) is 4.98 Å². The van der Waals surface area contributed by atoms with E-state index in [1.165, 1.54) is 4.52 Å². The minimum Gasteiger partial charge on any atom is -0.337 e. The van der Waals surface area contributed by atoms with Crippen molar-refractivity contribution >= 4 is 11.6 Å². The van der Waals surface area contributed by atoms with Crippen molar-refractivity contribution in [3.8, 4) is 0 Å². The number of aromatic amines is 1. The van der Waals surface area contributed by atoms with Gasteiger partial charge in [0.15, 0.2) is 5.65 Å². The first-order chi connectivity index (χ1) is 12.7. The second-order valence-corrected chi connectivity index (χ2v) is 8.21. The summed E-state index contributed by atoms with van der Waals surface area (Å²) in [6, 6.07) is 5.23. The molecule has 1 aliphatic heterocycles. The number of hydrogen-bond donors (Lipinski definition) is 1. The van der Waals surface area contributed by atoms with E-state index < -0.39 is 0 Å². The number of aromatic nitrogens is 5. The molecule has 1 fully saturated rings. The van der Waals surface area contributed by atoms with Gasteiger partial charge in [0.2, 0.25) is 0 Å². The highest BCUT2D eigenvalue weighted by Crippen LogP contribution is 2.27. The lowest BCUT2D eigenvalue weighted by molar-refractivity contribution is 0.0780. The lowest BCUT2D eigenvalue weighted by Crippen LogP contribution is -2.30. The van der Waals surface area contributed by atoms with E-state index in [0.717, 1.165) is 17.8 Å². The number of aryl methyl sites for hydroxylation is 1. The van der Waals surface area contributed by atoms with Crippen molar-refractivity contribution in [2.75, 3.05) is 13.1 Å². The van der Waals surface area contributed by atoms with Crippen LogP contribution in [0, 0.1) is 0 Å². The first-order valence-electron chi connectivity index (χ1n) is 9.14. The summed E-state index contributed by atoms with van der Waals surface area (Å²) in [6.07, 6.45) is 2.42. The van der Waals surface area contributed by atoms with Crippen LogP contribution in [0.15, 0.2) is 29.2 Å². The molecule has 4 rings (SSSR count). The first-order valence-corrected chi connectivity index (χ1v) is 9.14. The summed E-state index contributed by atoms with van der Waals surface area (Å²) in [4.78, 5) is 31.7. The molecule has 0 aliphatic carbocycles. The van der Waals surface area contributed by atoms with Crippen LogP contribution in [0.3, 0.4) is 0 Å². The van der Waals surface area contributed by atoms with Crippen molar-refractivity contribution < 1.29 is 4.79 Å². The van der Waals surface area contributed by atoms with E-state index in [1.807, 2.05) is 11.0 Å². The van der Waals surface area contributed by atoms with Gasteiger partial charge in [-0.1, -0.05) is 20.8 Å². The Bertz CT molecular complexity index is 1070. The second-order valence-electron chi connectivity index (χ2n) is 8.21. The summed E-state index contributed by atoms with van der Waals surface area (Å²) in [7, 11) is 1.76. The summed E-state index contributed by atoms with van der Waals surface area (Å²) in [5.41, 5.74) is 2.68. The van der Waals surface area contributed by atoms with Gasteiger partial charge in [-0.15, -0.1) is 0 Å². The van der Waals surface area contributed by atoms with Gasteiger partial charge in [-0.3, -0.25) is 19.4 Å². The number of fused-ring (bicyclic) bond motifs is 1. The van der Waals surface area contributed by atoms with Crippen LogP contribution in [-0.4, -0.2) is 48.3 Å². The van der Waals surface area contributed by atoms with Gasteiger partial charge in [-0.25, -0.2) is 9.50 Å². The van der Waals surface area contributed by atoms with Gasteiger partial charge in [0.25, 0.3) is 11.5 Å². The van der Waals surface area contributed by atoms with Crippen LogP contribution in [0.2, 0.25) is 0 Å². The van der Waals surface area contributed by atoms with Crippen LogP contribution in [0.25, 0.3) is 5.65 Å². The third kappa shape index (κ3) is 3.05. The largest absolute Gasteiger partial charge is 0.337 e. The quantitative estimate of drug-likeness (QED) is 0.745. The zero-order valence-electron chi connectivity index (χ0n) is 16.1. The third-order valence-electron chi connectivity index (χ3n) is 5.21. The molecule has 3 aromatic heterocycles. The van der Waals surface area contributed by atoms with Crippen LogP contribution in [-0.2, 0) is 12.5 Å². The molecule has 1 N–H and O–H groups in total. The first kappa shape index (κ1) is 17.5. The van der Waals surface area contributed by atoms with Crippen LogP contribution in [0.5, 0.6) is 0 Å². The van der Waals surface area contributed by atoms with Crippen molar-refractivity contribution in [2.24, 2.45) is 7.05 Å². The van der Waals surface area contributed by atoms with Crippen molar-refractivity contribution in [1.82, 2.24) is 29.3 Å². The Morgan fingerprint density at radius 2 is 2.07 bits per heavy atom.